The molecule has 1 aliphatic heterocycles. The summed E-state index contributed by atoms with van der Waals surface area (Å²) in [4.78, 5) is 31.7. The molecule has 1 aliphatic rings. The van der Waals surface area contributed by atoms with Crippen LogP contribution in [0.25, 0.3) is 5.76 Å². The number of pyridine rings is 1. The maximum absolute atomic E-state index is 13.7. The average Bonchev–Trinajstić information content (AvgIpc) is 3.09. The molecule has 1 N–H and O–H groups in total. The van der Waals surface area contributed by atoms with Crippen molar-refractivity contribution in [1.82, 2.24) is 9.88 Å². The van der Waals surface area contributed by atoms with Gasteiger partial charge in [0.05, 0.1) is 18.7 Å². The van der Waals surface area contributed by atoms with Gasteiger partial charge in [-0.25, -0.2) is 4.39 Å². The molecule has 6 nitrogen and oxygen atoms in total. The van der Waals surface area contributed by atoms with Crippen LogP contribution in [-0.4, -0.2) is 33.8 Å². The molecular weight excluding hydrogens is 435 g/mol. The second kappa shape index (κ2) is 9.47. The molecule has 1 saturated heterocycles. The highest BCUT2D eigenvalue weighted by Gasteiger charge is 2.46. The minimum absolute atomic E-state index is 0.0365. The van der Waals surface area contributed by atoms with Crippen LogP contribution in [0, 0.1) is 5.82 Å². The van der Waals surface area contributed by atoms with E-state index in [1.807, 2.05) is 13.8 Å². The van der Waals surface area contributed by atoms with Crippen LogP contribution in [0.15, 0.2) is 72.6 Å². The number of ketones is 1. The van der Waals surface area contributed by atoms with Crippen molar-refractivity contribution in [2.75, 3.05) is 7.11 Å². The first-order valence-electron chi connectivity index (χ1n) is 10.9. The molecular formula is C27H25FN2O4. The Morgan fingerprint density at radius 2 is 1.76 bits per heavy atom. The molecule has 1 fully saturated rings. The van der Waals surface area contributed by atoms with Crippen molar-refractivity contribution in [2.45, 2.75) is 32.4 Å². The number of carbonyl (C=O) groups excluding carboxylic acids is 2. The van der Waals surface area contributed by atoms with Crippen LogP contribution in [0.5, 0.6) is 5.75 Å². The third kappa shape index (κ3) is 4.29. The molecule has 0 bridgehead atoms. The van der Waals surface area contributed by atoms with Crippen LogP contribution in [-0.2, 0) is 16.1 Å². The number of likely N-dealkylation sites (tertiary alicyclic amines) is 1. The number of aromatic nitrogens is 1. The first-order valence-corrected chi connectivity index (χ1v) is 10.9. The highest BCUT2D eigenvalue weighted by Crippen LogP contribution is 2.41. The molecule has 4 rings (SSSR count). The number of benzene rings is 2. The second-order valence-electron chi connectivity index (χ2n) is 8.45. The molecule has 0 saturated carbocycles. The summed E-state index contributed by atoms with van der Waals surface area (Å²) >= 11 is 0. The zero-order valence-corrected chi connectivity index (χ0v) is 19.2. The number of hydrogen-bond donors (Lipinski definition) is 1. The Labute approximate surface area is 197 Å². The fourth-order valence-corrected chi connectivity index (χ4v) is 4.21. The summed E-state index contributed by atoms with van der Waals surface area (Å²) in [6.07, 6.45) is 3.20. The average molecular weight is 461 g/mol. The summed E-state index contributed by atoms with van der Waals surface area (Å²) in [6.45, 7) is 4.12. The van der Waals surface area contributed by atoms with Crippen molar-refractivity contribution >= 4 is 17.4 Å². The molecule has 1 unspecified atom stereocenters. The van der Waals surface area contributed by atoms with Crippen LogP contribution >= 0.6 is 0 Å². The Bertz CT molecular complexity index is 1250. The van der Waals surface area contributed by atoms with Gasteiger partial charge in [-0.3, -0.25) is 14.6 Å². The number of nitrogens with zero attached hydrogens (tertiary/aromatic N) is 2. The third-order valence-corrected chi connectivity index (χ3v) is 5.95. The molecule has 1 atom stereocenters. The number of rotatable bonds is 6. The van der Waals surface area contributed by atoms with E-state index in [-0.39, 0.29) is 23.8 Å². The van der Waals surface area contributed by atoms with Crippen LogP contribution in [0.2, 0.25) is 0 Å². The van der Waals surface area contributed by atoms with E-state index in [2.05, 4.69) is 4.98 Å². The van der Waals surface area contributed by atoms with Gasteiger partial charge < -0.3 is 14.7 Å². The van der Waals surface area contributed by atoms with Gasteiger partial charge in [0.25, 0.3) is 11.7 Å². The zero-order chi connectivity index (χ0) is 24.4. The minimum Gasteiger partial charge on any atom is -0.507 e. The number of Topliss-reactive ketones (excluding diaryl/α,β-unsaturated/α-hetero) is 1. The van der Waals surface area contributed by atoms with Crippen molar-refractivity contribution in [2.24, 2.45) is 0 Å². The summed E-state index contributed by atoms with van der Waals surface area (Å²) < 4.78 is 19.1. The standard InChI is InChI=1S/C27H25FN2O4/c1-16(2)21-14-19(6-9-22(21)34-3)25(31)23-24(18-4-7-20(28)8-5-18)30(27(33)26(23)32)15-17-10-12-29-13-11-17/h4-14,16,24,31H,15H2,1-3H3/b25-23-. The molecule has 2 heterocycles. The van der Waals surface area contributed by atoms with E-state index in [1.54, 1.807) is 49.8 Å². The number of carbonyl (C=O) groups is 2. The summed E-state index contributed by atoms with van der Waals surface area (Å²) in [6, 6.07) is 13.3. The Morgan fingerprint density at radius 1 is 1.09 bits per heavy atom. The van der Waals surface area contributed by atoms with E-state index in [1.165, 1.54) is 29.2 Å². The van der Waals surface area contributed by atoms with Crippen LogP contribution < -0.4 is 4.74 Å². The van der Waals surface area contributed by atoms with Crippen molar-refractivity contribution in [3.05, 3.63) is 101 Å². The SMILES string of the molecule is COc1ccc(/C(O)=C2/C(=O)C(=O)N(Cc3ccncc3)C2c2ccc(F)cc2)cc1C(C)C. The third-order valence-electron chi connectivity index (χ3n) is 5.95. The van der Waals surface area contributed by atoms with Gasteiger partial charge in [0.15, 0.2) is 0 Å². The lowest BCUT2D eigenvalue weighted by Crippen LogP contribution is -2.29. The number of amides is 1. The highest BCUT2D eigenvalue weighted by molar-refractivity contribution is 6.46. The van der Waals surface area contributed by atoms with Gasteiger partial charge in [-0.2, -0.15) is 0 Å². The molecule has 7 heteroatoms. The van der Waals surface area contributed by atoms with Crippen molar-refractivity contribution in [3.63, 3.8) is 0 Å². The molecule has 174 valence electrons. The number of ether oxygens (including phenoxy) is 1. The van der Waals surface area contributed by atoms with E-state index in [4.69, 9.17) is 4.74 Å². The largest absolute Gasteiger partial charge is 0.507 e. The van der Waals surface area contributed by atoms with Crippen molar-refractivity contribution in [1.29, 1.82) is 0 Å². The number of aliphatic hydroxyl groups excluding tert-OH is 1. The lowest BCUT2D eigenvalue weighted by atomic mass is 9.93. The normalized spacial score (nSPS) is 17.4. The molecule has 1 amide bonds. The predicted molar refractivity (Wildman–Crippen MR) is 126 cm³/mol. The molecule has 3 aromatic rings. The smallest absolute Gasteiger partial charge is 0.295 e. The van der Waals surface area contributed by atoms with Crippen molar-refractivity contribution < 1.29 is 23.8 Å². The van der Waals surface area contributed by atoms with E-state index in [0.29, 0.717) is 16.9 Å². The van der Waals surface area contributed by atoms with Crippen molar-refractivity contribution in [3.8, 4) is 5.75 Å². The Kier molecular flexibility index (Phi) is 6.45. The van der Waals surface area contributed by atoms with Gasteiger partial charge in [-0.05, 0) is 65.1 Å². The lowest BCUT2D eigenvalue weighted by Gasteiger charge is -2.25. The van der Waals surface area contributed by atoms with Gasteiger partial charge in [0.2, 0.25) is 0 Å². The quantitative estimate of drug-likeness (QED) is 0.319. The first-order chi connectivity index (χ1) is 16.3. The second-order valence-corrected chi connectivity index (χ2v) is 8.45. The molecule has 0 aliphatic carbocycles. The maximum Gasteiger partial charge on any atom is 0.295 e. The Balaban J connectivity index is 1.87. The molecule has 2 aromatic carbocycles. The molecule has 34 heavy (non-hydrogen) atoms. The van der Waals surface area contributed by atoms with Crippen LogP contribution in [0.3, 0.4) is 0 Å². The Morgan fingerprint density at radius 3 is 2.38 bits per heavy atom. The van der Waals surface area contributed by atoms with Crippen LogP contribution in [0.4, 0.5) is 4.39 Å². The summed E-state index contributed by atoms with van der Waals surface area (Å²) in [5, 5.41) is 11.3. The highest BCUT2D eigenvalue weighted by atomic mass is 19.1. The molecule has 0 radical (unpaired) electrons. The van der Waals surface area contributed by atoms with Gasteiger partial charge in [-0.15, -0.1) is 0 Å². The Hall–Kier alpha value is -4.00. The lowest BCUT2D eigenvalue weighted by molar-refractivity contribution is -0.140. The first kappa shape index (κ1) is 23.2. The predicted octanol–water partition coefficient (Wildman–Crippen LogP) is 4.97. The van der Waals surface area contributed by atoms with E-state index >= 15 is 0 Å². The van der Waals surface area contributed by atoms with E-state index in [9.17, 15) is 19.1 Å². The number of halogens is 1. The maximum atomic E-state index is 13.7. The summed E-state index contributed by atoms with van der Waals surface area (Å²) in [5.41, 5.74) is 2.52. The van der Waals surface area contributed by atoms with Gasteiger partial charge in [-0.1, -0.05) is 26.0 Å². The fourth-order valence-electron chi connectivity index (χ4n) is 4.21. The van der Waals surface area contributed by atoms with Crippen LogP contribution in [0.1, 0.15) is 48.1 Å². The fraction of sp³-hybridized carbons (Fsp3) is 0.222. The van der Waals surface area contributed by atoms with Gasteiger partial charge >= 0.3 is 0 Å². The van der Waals surface area contributed by atoms with E-state index in [0.717, 1.165) is 11.1 Å². The number of methoxy groups -OCH3 is 1. The van der Waals surface area contributed by atoms with E-state index < -0.39 is 23.5 Å². The monoisotopic (exact) mass is 460 g/mol. The minimum atomic E-state index is -0.877. The summed E-state index contributed by atoms with van der Waals surface area (Å²) in [5.74, 6) is -1.47. The summed E-state index contributed by atoms with van der Waals surface area (Å²) in [7, 11) is 1.57. The number of aliphatic hydroxyl groups is 1. The van der Waals surface area contributed by atoms with Gasteiger partial charge in [0.1, 0.15) is 17.3 Å². The van der Waals surface area contributed by atoms with Gasteiger partial charge in [0, 0.05) is 24.5 Å². The molecule has 1 aromatic heterocycles. The zero-order valence-electron chi connectivity index (χ0n) is 19.2. The molecule has 0 spiro atoms. The topological polar surface area (TPSA) is 79.7 Å². The number of hydrogen-bond acceptors (Lipinski definition) is 5.